The number of aliphatic hydroxyl groups excluding tert-OH is 1. The van der Waals surface area contributed by atoms with Crippen LogP contribution in [0.1, 0.15) is 20.7 Å². The van der Waals surface area contributed by atoms with E-state index in [4.69, 9.17) is 15.2 Å². The van der Waals surface area contributed by atoms with Crippen LogP contribution in [0.15, 0.2) is 78.9 Å². The normalized spacial score (nSPS) is 11.4. The molecule has 1 unspecified atom stereocenters. The molecule has 30 heavy (non-hydrogen) atoms. The van der Waals surface area contributed by atoms with E-state index in [9.17, 15) is 14.7 Å². The van der Waals surface area contributed by atoms with Gasteiger partial charge in [-0.3, -0.25) is 9.59 Å². The first-order valence-corrected chi connectivity index (χ1v) is 9.33. The highest BCUT2D eigenvalue weighted by Crippen LogP contribution is 2.22. The molecule has 2 amide bonds. The lowest BCUT2D eigenvalue weighted by Gasteiger charge is -2.13. The number of primary amides is 1. The summed E-state index contributed by atoms with van der Waals surface area (Å²) in [7, 11) is 0. The number of benzene rings is 3. The molecule has 3 rings (SSSR count). The predicted octanol–water partition coefficient (Wildman–Crippen LogP) is 2.75. The average Bonchev–Trinajstić information content (AvgIpc) is 2.77. The van der Waals surface area contributed by atoms with E-state index in [2.05, 4.69) is 5.32 Å². The van der Waals surface area contributed by atoms with E-state index in [1.54, 1.807) is 60.7 Å². The lowest BCUT2D eigenvalue weighted by atomic mass is 10.2. The van der Waals surface area contributed by atoms with Gasteiger partial charge in [0.25, 0.3) is 5.91 Å². The van der Waals surface area contributed by atoms with Gasteiger partial charge in [0.2, 0.25) is 5.91 Å². The maximum Gasteiger partial charge on any atom is 0.251 e. The minimum absolute atomic E-state index is 0.0656. The largest absolute Gasteiger partial charge is 0.491 e. The summed E-state index contributed by atoms with van der Waals surface area (Å²) in [5, 5.41) is 12.6. The molecule has 1 atom stereocenters. The van der Waals surface area contributed by atoms with E-state index in [1.165, 1.54) is 0 Å². The molecule has 0 heterocycles. The fourth-order valence-corrected chi connectivity index (χ4v) is 2.58. The summed E-state index contributed by atoms with van der Waals surface area (Å²) < 4.78 is 11.1. The molecular weight excluding hydrogens is 384 g/mol. The van der Waals surface area contributed by atoms with E-state index in [0.29, 0.717) is 28.4 Å². The molecule has 0 aliphatic rings. The van der Waals surface area contributed by atoms with Gasteiger partial charge in [-0.2, -0.15) is 0 Å². The zero-order valence-electron chi connectivity index (χ0n) is 16.2. The standard InChI is InChI=1S/C23H22N2O5/c24-22(27)16-6-10-20(11-7-16)30-21-12-8-17(9-13-21)23(28)25-14-18(26)15-29-19-4-2-1-3-5-19/h1-13,18,26H,14-15H2,(H2,24,27)(H,25,28). The smallest absolute Gasteiger partial charge is 0.251 e. The number of carbonyl (C=O) groups excluding carboxylic acids is 2. The Kier molecular flexibility index (Phi) is 7.02. The molecule has 0 aliphatic heterocycles. The Hall–Kier alpha value is -3.84. The first-order valence-electron chi connectivity index (χ1n) is 9.33. The van der Waals surface area contributed by atoms with Gasteiger partial charge in [0.1, 0.15) is 30.0 Å². The van der Waals surface area contributed by atoms with Gasteiger partial charge in [-0.25, -0.2) is 0 Å². The molecule has 4 N–H and O–H groups in total. The molecule has 0 saturated carbocycles. The van der Waals surface area contributed by atoms with Crippen molar-refractivity contribution in [3.63, 3.8) is 0 Å². The molecule has 0 bridgehead atoms. The van der Waals surface area contributed by atoms with Crippen molar-refractivity contribution in [3.8, 4) is 17.2 Å². The van der Waals surface area contributed by atoms with Gasteiger partial charge in [-0.1, -0.05) is 18.2 Å². The van der Waals surface area contributed by atoms with Crippen molar-refractivity contribution in [1.82, 2.24) is 5.32 Å². The topological polar surface area (TPSA) is 111 Å². The Morgan fingerprint density at radius 2 is 1.40 bits per heavy atom. The van der Waals surface area contributed by atoms with Crippen molar-refractivity contribution < 1.29 is 24.2 Å². The Morgan fingerprint density at radius 3 is 1.97 bits per heavy atom. The Balaban J connectivity index is 1.46. The van der Waals surface area contributed by atoms with Gasteiger partial charge in [0, 0.05) is 17.7 Å². The molecule has 3 aromatic carbocycles. The van der Waals surface area contributed by atoms with E-state index in [-0.39, 0.29) is 19.1 Å². The van der Waals surface area contributed by atoms with Crippen molar-refractivity contribution in [2.24, 2.45) is 5.73 Å². The van der Waals surface area contributed by atoms with Crippen LogP contribution in [0.4, 0.5) is 0 Å². The van der Waals surface area contributed by atoms with Crippen molar-refractivity contribution in [2.45, 2.75) is 6.10 Å². The monoisotopic (exact) mass is 406 g/mol. The number of aliphatic hydroxyl groups is 1. The highest BCUT2D eigenvalue weighted by Gasteiger charge is 2.10. The lowest BCUT2D eigenvalue weighted by molar-refractivity contribution is 0.0843. The van der Waals surface area contributed by atoms with E-state index in [1.807, 2.05) is 18.2 Å². The van der Waals surface area contributed by atoms with Crippen molar-refractivity contribution in [1.29, 1.82) is 0 Å². The maximum absolute atomic E-state index is 12.2. The van der Waals surface area contributed by atoms with Gasteiger partial charge in [0.05, 0.1) is 0 Å². The summed E-state index contributed by atoms with van der Waals surface area (Å²) >= 11 is 0. The Bertz CT molecular complexity index is 973. The highest BCUT2D eigenvalue weighted by molar-refractivity contribution is 5.94. The van der Waals surface area contributed by atoms with Crippen molar-refractivity contribution >= 4 is 11.8 Å². The number of amides is 2. The Morgan fingerprint density at radius 1 is 0.833 bits per heavy atom. The summed E-state index contributed by atoms with van der Waals surface area (Å²) in [6, 6.07) is 22.1. The van der Waals surface area contributed by atoms with Crippen LogP contribution in [-0.2, 0) is 0 Å². The van der Waals surface area contributed by atoms with Gasteiger partial charge in [-0.05, 0) is 60.7 Å². The quantitative estimate of drug-likeness (QED) is 0.506. The molecule has 0 aliphatic carbocycles. The molecule has 0 spiro atoms. The van der Waals surface area contributed by atoms with Crippen LogP contribution in [0.25, 0.3) is 0 Å². The van der Waals surface area contributed by atoms with Gasteiger partial charge < -0.3 is 25.6 Å². The minimum atomic E-state index is -0.833. The number of para-hydroxylation sites is 1. The number of ether oxygens (including phenoxy) is 2. The molecule has 154 valence electrons. The third kappa shape index (κ3) is 6.08. The lowest BCUT2D eigenvalue weighted by Crippen LogP contribution is -2.35. The molecule has 7 nitrogen and oxygen atoms in total. The zero-order valence-corrected chi connectivity index (χ0v) is 16.2. The van der Waals surface area contributed by atoms with Crippen LogP contribution < -0.4 is 20.5 Å². The van der Waals surface area contributed by atoms with Crippen LogP contribution in [0.5, 0.6) is 17.2 Å². The fraction of sp³-hybridized carbons (Fsp3) is 0.130. The maximum atomic E-state index is 12.2. The number of nitrogens with two attached hydrogens (primary N) is 1. The van der Waals surface area contributed by atoms with Crippen molar-refractivity contribution in [3.05, 3.63) is 90.0 Å². The van der Waals surface area contributed by atoms with Gasteiger partial charge >= 0.3 is 0 Å². The molecule has 3 aromatic rings. The number of carbonyl (C=O) groups is 2. The molecule has 7 heteroatoms. The average molecular weight is 406 g/mol. The molecule has 0 saturated heterocycles. The summed E-state index contributed by atoms with van der Waals surface area (Å²) in [4.78, 5) is 23.3. The third-order valence-electron chi connectivity index (χ3n) is 4.17. The van der Waals surface area contributed by atoms with Crippen LogP contribution in [0.2, 0.25) is 0 Å². The van der Waals surface area contributed by atoms with Gasteiger partial charge in [0.15, 0.2) is 0 Å². The van der Waals surface area contributed by atoms with Crippen LogP contribution >= 0.6 is 0 Å². The third-order valence-corrected chi connectivity index (χ3v) is 4.17. The summed E-state index contributed by atoms with van der Waals surface area (Å²) in [6.07, 6.45) is -0.833. The SMILES string of the molecule is NC(=O)c1ccc(Oc2ccc(C(=O)NCC(O)COc3ccccc3)cc2)cc1. The number of rotatable bonds is 9. The summed E-state index contributed by atoms with van der Waals surface area (Å²) in [5.41, 5.74) is 6.03. The predicted molar refractivity (Wildman–Crippen MR) is 112 cm³/mol. The summed E-state index contributed by atoms with van der Waals surface area (Å²) in [5.74, 6) is 0.913. The first-order chi connectivity index (χ1) is 14.5. The zero-order chi connectivity index (χ0) is 21.3. The highest BCUT2D eigenvalue weighted by atomic mass is 16.5. The number of hydrogen-bond donors (Lipinski definition) is 3. The van der Waals surface area contributed by atoms with E-state index in [0.717, 1.165) is 0 Å². The van der Waals surface area contributed by atoms with Crippen LogP contribution in [-0.4, -0.2) is 36.2 Å². The second-order valence-electron chi connectivity index (χ2n) is 6.50. The second kappa shape index (κ2) is 10.1. The molecule has 0 fully saturated rings. The minimum Gasteiger partial charge on any atom is -0.491 e. The number of nitrogens with one attached hydrogen (secondary N) is 1. The van der Waals surface area contributed by atoms with Crippen molar-refractivity contribution in [2.75, 3.05) is 13.2 Å². The van der Waals surface area contributed by atoms with E-state index >= 15 is 0 Å². The van der Waals surface area contributed by atoms with E-state index < -0.39 is 12.0 Å². The molecule has 0 aromatic heterocycles. The second-order valence-corrected chi connectivity index (χ2v) is 6.50. The van der Waals surface area contributed by atoms with Crippen LogP contribution in [0, 0.1) is 0 Å². The molecular formula is C23H22N2O5. The van der Waals surface area contributed by atoms with Crippen LogP contribution in [0.3, 0.4) is 0 Å². The Labute approximate surface area is 174 Å². The molecule has 0 radical (unpaired) electrons. The fourth-order valence-electron chi connectivity index (χ4n) is 2.58. The summed E-state index contributed by atoms with van der Waals surface area (Å²) in [6.45, 7) is 0.141. The number of hydrogen-bond acceptors (Lipinski definition) is 5. The first kappa shape index (κ1) is 20.9. The van der Waals surface area contributed by atoms with Gasteiger partial charge in [-0.15, -0.1) is 0 Å².